The molecule has 1 rings (SSSR count). The first-order chi connectivity index (χ1) is 19.7. The van der Waals surface area contributed by atoms with Crippen molar-refractivity contribution in [3.63, 3.8) is 0 Å². The van der Waals surface area contributed by atoms with Crippen LogP contribution in [-0.4, -0.2) is 82.4 Å². The molecule has 0 spiro atoms. The number of phenols is 1. The number of benzene rings is 1. The van der Waals surface area contributed by atoms with E-state index in [2.05, 4.69) is 20.9 Å². The Labute approximate surface area is 241 Å². The smallest absolute Gasteiger partial charge is 0.326 e. The van der Waals surface area contributed by atoms with Gasteiger partial charge < -0.3 is 54.8 Å². The number of aliphatic imine (C=N–C) groups is 1. The van der Waals surface area contributed by atoms with Crippen molar-refractivity contribution in [2.75, 3.05) is 6.54 Å². The van der Waals surface area contributed by atoms with Crippen LogP contribution in [0.3, 0.4) is 0 Å². The van der Waals surface area contributed by atoms with Crippen molar-refractivity contribution in [1.29, 1.82) is 0 Å². The molecule has 232 valence electrons. The maximum absolute atomic E-state index is 13.4. The van der Waals surface area contributed by atoms with Crippen molar-refractivity contribution in [3.8, 4) is 5.75 Å². The van der Waals surface area contributed by atoms with Gasteiger partial charge in [-0.25, -0.2) is 4.79 Å². The molecule has 0 heterocycles. The van der Waals surface area contributed by atoms with Crippen molar-refractivity contribution in [1.82, 2.24) is 16.0 Å². The Morgan fingerprint density at radius 1 is 0.738 bits per heavy atom. The zero-order valence-corrected chi connectivity index (χ0v) is 23.0. The van der Waals surface area contributed by atoms with Gasteiger partial charge in [-0.15, -0.1) is 0 Å². The number of guanidine groups is 1. The zero-order chi connectivity index (χ0) is 31.8. The van der Waals surface area contributed by atoms with Crippen LogP contribution in [0.4, 0.5) is 0 Å². The van der Waals surface area contributed by atoms with Crippen molar-refractivity contribution >= 4 is 41.5 Å². The highest BCUT2D eigenvalue weighted by Gasteiger charge is 2.30. The summed E-state index contributed by atoms with van der Waals surface area (Å²) >= 11 is 0. The minimum atomic E-state index is -1.47. The normalized spacial score (nSPS) is 13.5. The molecular formula is C25H39N9O8. The number of carbonyl (C=O) groups is 6. The van der Waals surface area contributed by atoms with E-state index in [1.165, 1.54) is 24.3 Å². The summed E-state index contributed by atoms with van der Waals surface area (Å²) in [6, 6.07) is 0.566. The number of phenolic OH excluding ortho intramolecular Hbond substituents is 1. The maximum Gasteiger partial charge on any atom is 0.326 e. The number of hydrogen-bond donors (Lipinski definition) is 10. The molecule has 0 aromatic heterocycles. The summed E-state index contributed by atoms with van der Waals surface area (Å²) < 4.78 is 0. The van der Waals surface area contributed by atoms with Crippen LogP contribution in [0.1, 0.15) is 44.1 Å². The summed E-state index contributed by atoms with van der Waals surface area (Å²) in [6.07, 6.45) is -0.756. The molecule has 4 unspecified atom stereocenters. The SMILES string of the molecule is NC(=O)CCC(N)C(=O)NC(Cc1ccc(O)cc1)C(=O)NC(CCCN=C(N)N)C(=O)NC(CCC(N)=O)C(=O)O. The number of aliphatic carboxylic acids is 1. The predicted molar refractivity (Wildman–Crippen MR) is 150 cm³/mol. The van der Waals surface area contributed by atoms with E-state index in [4.69, 9.17) is 28.7 Å². The lowest BCUT2D eigenvalue weighted by Gasteiger charge is -2.25. The summed E-state index contributed by atoms with van der Waals surface area (Å²) in [6.45, 7) is 0.0917. The molecule has 0 aliphatic carbocycles. The van der Waals surface area contributed by atoms with Crippen molar-refractivity contribution < 1.29 is 39.0 Å². The van der Waals surface area contributed by atoms with Gasteiger partial charge in [0.1, 0.15) is 23.9 Å². The van der Waals surface area contributed by atoms with Gasteiger partial charge in [0.2, 0.25) is 29.5 Å². The number of carboxylic acids is 1. The lowest BCUT2D eigenvalue weighted by Crippen LogP contribution is -2.57. The number of nitrogens with one attached hydrogen (secondary N) is 3. The number of rotatable bonds is 19. The van der Waals surface area contributed by atoms with E-state index in [1.807, 2.05) is 0 Å². The van der Waals surface area contributed by atoms with Gasteiger partial charge in [0, 0.05) is 25.8 Å². The Kier molecular flexibility index (Phi) is 14.8. The summed E-state index contributed by atoms with van der Waals surface area (Å²) in [4.78, 5) is 76.9. The first-order valence-electron chi connectivity index (χ1n) is 13.0. The first-order valence-corrected chi connectivity index (χ1v) is 13.0. The third-order valence-corrected chi connectivity index (χ3v) is 5.92. The van der Waals surface area contributed by atoms with E-state index >= 15 is 0 Å². The second kappa shape index (κ2) is 17.7. The highest BCUT2D eigenvalue weighted by atomic mass is 16.4. The van der Waals surface area contributed by atoms with E-state index in [0.717, 1.165) is 0 Å². The average molecular weight is 594 g/mol. The van der Waals surface area contributed by atoms with Gasteiger partial charge in [-0.05, 0) is 43.4 Å². The Hall–Kier alpha value is -4.93. The van der Waals surface area contributed by atoms with Crippen LogP contribution in [0, 0.1) is 0 Å². The molecule has 0 aliphatic rings. The van der Waals surface area contributed by atoms with Gasteiger partial charge in [-0.2, -0.15) is 0 Å². The molecule has 0 radical (unpaired) electrons. The van der Waals surface area contributed by atoms with E-state index in [0.29, 0.717) is 5.56 Å². The zero-order valence-electron chi connectivity index (χ0n) is 23.0. The van der Waals surface area contributed by atoms with Crippen LogP contribution in [0.5, 0.6) is 5.75 Å². The molecule has 0 bridgehead atoms. The van der Waals surface area contributed by atoms with Crippen molar-refractivity contribution in [2.45, 2.75) is 69.1 Å². The molecule has 42 heavy (non-hydrogen) atoms. The number of aromatic hydroxyl groups is 1. The molecular weight excluding hydrogens is 554 g/mol. The van der Waals surface area contributed by atoms with Gasteiger partial charge in [0.05, 0.1) is 6.04 Å². The van der Waals surface area contributed by atoms with Crippen LogP contribution >= 0.6 is 0 Å². The molecule has 4 atom stereocenters. The first kappa shape index (κ1) is 35.1. The lowest BCUT2D eigenvalue weighted by atomic mass is 10.0. The molecule has 0 fully saturated rings. The number of primary amides is 2. The number of carboxylic acid groups (broad SMARTS) is 1. The maximum atomic E-state index is 13.4. The fourth-order valence-corrected chi connectivity index (χ4v) is 3.65. The molecule has 1 aromatic rings. The van der Waals surface area contributed by atoms with Gasteiger partial charge in [0.25, 0.3) is 0 Å². The fourth-order valence-electron chi connectivity index (χ4n) is 3.65. The van der Waals surface area contributed by atoms with E-state index in [1.54, 1.807) is 0 Å². The fraction of sp³-hybridized carbons (Fsp3) is 0.480. The molecule has 15 N–H and O–H groups in total. The largest absolute Gasteiger partial charge is 0.508 e. The number of carbonyl (C=O) groups excluding carboxylic acids is 5. The van der Waals surface area contributed by atoms with E-state index in [9.17, 15) is 39.0 Å². The molecule has 5 amide bonds. The number of nitrogens with two attached hydrogens (primary N) is 5. The van der Waals surface area contributed by atoms with Gasteiger partial charge in [-0.1, -0.05) is 12.1 Å². The molecule has 17 heteroatoms. The van der Waals surface area contributed by atoms with Crippen LogP contribution in [-0.2, 0) is 35.2 Å². The Morgan fingerprint density at radius 2 is 1.26 bits per heavy atom. The molecule has 1 aromatic carbocycles. The van der Waals surface area contributed by atoms with E-state index < -0.39 is 59.7 Å². The quantitative estimate of drug-likeness (QED) is 0.0424. The second-order valence-electron chi connectivity index (χ2n) is 9.46. The van der Waals surface area contributed by atoms with Crippen molar-refractivity contribution in [3.05, 3.63) is 29.8 Å². The summed E-state index contributed by atoms with van der Waals surface area (Å²) in [5.74, 6) is -5.52. The van der Waals surface area contributed by atoms with Crippen molar-refractivity contribution in [2.24, 2.45) is 33.7 Å². The number of hydrogen-bond acceptors (Lipinski definition) is 9. The topological polar surface area (TPSA) is 321 Å². The summed E-state index contributed by atoms with van der Waals surface area (Å²) in [7, 11) is 0. The predicted octanol–water partition coefficient (Wildman–Crippen LogP) is -3.61. The minimum absolute atomic E-state index is 0.0286. The third kappa shape index (κ3) is 13.9. The van der Waals surface area contributed by atoms with Crippen LogP contribution < -0.4 is 44.6 Å². The van der Waals surface area contributed by atoms with Gasteiger partial charge >= 0.3 is 5.97 Å². The van der Waals surface area contributed by atoms with Crippen LogP contribution in [0.15, 0.2) is 29.3 Å². The van der Waals surface area contributed by atoms with E-state index in [-0.39, 0.29) is 63.2 Å². The molecule has 0 saturated carbocycles. The van der Waals surface area contributed by atoms with Gasteiger partial charge in [0.15, 0.2) is 5.96 Å². The van der Waals surface area contributed by atoms with Crippen LogP contribution in [0.2, 0.25) is 0 Å². The Morgan fingerprint density at radius 3 is 1.81 bits per heavy atom. The third-order valence-electron chi connectivity index (χ3n) is 5.92. The highest BCUT2D eigenvalue weighted by Crippen LogP contribution is 2.12. The summed E-state index contributed by atoms with van der Waals surface area (Å²) in [5.41, 5.74) is 27.2. The Bertz CT molecular complexity index is 1140. The summed E-state index contributed by atoms with van der Waals surface area (Å²) in [5, 5.41) is 26.3. The number of amides is 5. The lowest BCUT2D eigenvalue weighted by molar-refractivity contribution is -0.142. The standard InChI is InChI=1S/C25H39N9O8/c26-15(7-9-19(27)36)21(38)34-18(12-13-3-5-14(35)6-4-13)23(40)32-16(2-1-11-31-25(29)30)22(39)33-17(24(41)42)8-10-20(28)37/h3-6,15-18,35H,1-2,7-12,26H2,(H2,27,36)(H2,28,37)(H,32,40)(H,33,39)(H,34,38)(H,41,42)(H4,29,30,31). The Balaban J connectivity index is 3.19. The molecule has 17 nitrogen and oxygen atoms in total. The highest BCUT2D eigenvalue weighted by molar-refractivity contribution is 5.94. The average Bonchev–Trinajstić information content (AvgIpc) is 2.91. The molecule has 0 aliphatic heterocycles. The monoisotopic (exact) mass is 593 g/mol. The number of nitrogens with zero attached hydrogens (tertiary/aromatic N) is 1. The minimum Gasteiger partial charge on any atom is -0.508 e. The molecule has 0 saturated heterocycles. The second-order valence-corrected chi connectivity index (χ2v) is 9.46. The van der Waals surface area contributed by atoms with Gasteiger partial charge in [-0.3, -0.25) is 29.0 Å². The van der Waals surface area contributed by atoms with Crippen LogP contribution in [0.25, 0.3) is 0 Å².